The molecule has 1 N–H and O–H groups in total. The molecule has 0 bridgehead atoms. The van der Waals surface area contributed by atoms with Gasteiger partial charge in [0, 0.05) is 18.3 Å². The zero-order valence-electron chi connectivity index (χ0n) is 11.3. The maximum Gasteiger partial charge on any atom is 0.145 e. The molecule has 20 heavy (non-hydrogen) atoms. The second-order valence-electron chi connectivity index (χ2n) is 4.10. The number of pyridine rings is 1. The van der Waals surface area contributed by atoms with E-state index in [1.807, 2.05) is 13.0 Å². The summed E-state index contributed by atoms with van der Waals surface area (Å²) in [6.45, 7) is 2.00. The number of nitrogens with one attached hydrogen (secondary N) is 1. The predicted molar refractivity (Wildman–Crippen MR) is 84.5 cm³/mol. The molecule has 0 aliphatic rings. The Morgan fingerprint density at radius 2 is 1.90 bits per heavy atom. The van der Waals surface area contributed by atoms with E-state index >= 15 is 0 Å². The normalized spacial score (nSPS) is 10.2. The number of anilines is 2. The van der Waals surface area contributed by atoms with Gasteiger partial charge in [-0.1, -0.05) is 11.6 Å². The maximum absolute atomic E-state index is 6.08. The van der Waals surface area contributed by atoms with Crippen molar-refractivity contribution in [1.82, 2.24) is 4.98 Å². The average molecular weight is 358 g/mol. The Morgan fingerprint density at radius 3 is 2.55 bits per heavy atom. The summed E-state index contributed by atoms with van der Waals surface area (Å²) in [5.74, 6) is 1.89. The van der Waals surface area contributed by atoms with Gasteiger partial charge in [0.25, 0.3) is 0 Å². The SMILES string of the molecule is COc1cc(Nc2nccc(C)c2Br)c(OC)cc1Cl. The summed E-state index contributed by atoms with van der Waals surface area (Å²) in [5, 5.41) is 3.70. The fourth-order valence-corrected chi connectivity index (χ4v) is 2.28. The van der Waals surface area contributed by atoms with Gasteiger partial charge in [-0.2, -0.15) is 0 Å². The number of rotatable bonds is 4. The third kappa shape index (κ3) is 2.99. The minimum atomic E-state index is 0.492. The summed E-state index contributed by atoms with van der Waals surface area (Å²) in [5.41, 5.74) is 1.81. The minimum Gasteiger partial charge on any atom is -0.495 e. The van der Waals surface area contributed by atoms with E-state index in [2.05, 4.69) is 26.2 Å². The second-order valence-corrected chi connectivity index (χ2v) is 5.30. The van der Waals surface area contributed by atoms with Gasteiger partial charge < -0.3 is 14.8 Å². The Morgan fingerprint density at radius 1 is 1.20 bits per heavy atom. The first-order chi connectivity index (χ1) is 9.56. The zero-order valence-corrected chi connectivity index (χ0v) is 13.7. The van der Waals surface area contributed by atoms with E-state index in [9.17, 15) is 0 Å². The van der Waals surface area contributed by atoms with E-state index in [4.69, 9.17) is 21.1 Å². The third-order valence-electron chi connectivity index (χ3n) is 2.81. The molecule has 2 aromatic rings. The number of hydrogen-bond donors (Lipinski definition) is 1. The molecule has 6 heteroatoms. The Bertz CT molecular complexity index is 635. The molecule has 1 aromatic heterocycles. The molecule has 4 nitrogen and oxygen atoms in total. The Hall–Kier alpha value is -1.46. The van der Waals surface area contributed by atoms with Gasteiger partial charge in [-0.3, -0.25) is 0 Å². The Labute approximate surface area is 131 Å². The van der Waals surface area contributed by atoms with Gasteiger partial charge in [0.2, 0.25) is 0 Å². The van der Waals surface area contributed by atoms with Crippen LogP contribution in [0.15, 0.2) is 28.9 Å². The highest BCUT2D eigenvalue weighted by atomic mass is 79.9. The number of aryl methyl sites for hydroxylation is 1. The predicted octanol–water partition coefficient (Wildman–Crippen LogP) is 4.57. The molecule has 0 aliphatic carbocycles. The van der Waals surface area contributed by atoms with Crippen LogP contribution in [-0.4, -0.2) is 19.2 Å². The summed E-state index contributed by atoms with van der Waals surface area (Å²) >= 11 is 9.59. The van der Waals surface area contributed by atoms with Gasteiger partial charge in [-0.05, 0) is 34.5 Å². The van der Waals surface area contributed by atoms with Gasteiger partial charge in [-0.15, -0.1) is 0 Å². The van der Waals surface area contributed by atoms with Crippen molar-refractivity contribution in [3.63, 3.8) is 0 Å². The molecule has 0 saturated carbocycles. The fraction of sp³-hybridized carbons (Fsp3) is 0.214. The summed E-state index contributed by atoms with van der Waals surface area (Å²) in [6.07, 6.45) is 1.74. The monoisotopic (exact) mass is 356 g/mol. The molecule has 106 valence electrons. The molecule has 0 spiro atoms. The molecule has 0 unspecified atom stereocenters. The maximum atomic E-state index is 6.08. The first-order valence-corrected chi connectivity index (χ1v) is 7.03. The lowest BCUT2D eigenvalue weighted by atomic mass is 10.2. The van der Waals surface area contributed by atoms with Gasteiger partial charge in [0.15, 0.2) is 0 Å². The van der Waals surface area contributed by atoms with E-state index in [1.54, 1.807) is 32.5 Å². The first kappa shape index (κ1) is 14.9. The van der Waals surface area contributed by atoms with Crippen molar-refractivity contribution in [3.05, 3.63) is 39.5 Å². The summed E-state index contributed by atoms with van der Waals surface area (Å²) in [4.78, 5) is 4.30. The van der Waals surface area contributed by atoms with Crippen molar-refractivity contribution in [2.24, 2.45) is 0 Å². The van der Waals surface area contributed by atoms with Crippen molar-refractivity contribution in [2.75, 3.05) is 19.5 Å². The number of halogens is 2. The molecule has 0 amide bonds. The van der Waals surface area contributed by atoms with Crippen LogP contribution in [0, 0.1) is 6.92 Å². The number of nitrogens with zero attached hydrogens (tertiary/aromatic N) is 1. The van der Waals surface area contributed by atoms with E-state index in [-0.39, 0.29) is 0 Å². The van der Waals surface area contributed by atoms with E-state index in [1.165, 1.54) is 0 Å². The highest BCUT2D eigenvalue weighted by Gasteiger charge is 2.12. The Kier molecular flexibility index (Phi) is 4.73. The number of hydrogen-bond acceptors (Lipinski definition) is 4. The molecule has 0 radical (unpaired) electrons. The molecular weight excluding hydrogens is 344 g/mol. The zero-order chi connectivity index (χ0) is 14.7. The van der Waals surface area contributed by atoms with E-state index in [0.717, 1.165) is 15.7 Å². The lowest BCUT2D eigenvalue weighted by molar-refractivity contribution is 0.405. The first-order valence-electron chi connectivity index (χ1n) is 5.86. The number of methoxy groups -OCH3 is 2. The lowest BCUT2D eigenvalue weighted by Gasteiger charge is -2.14. The topological polar surface area (TPSA) is 43.4 Å². The van der Waals surface area contributed by atoms with Gasteiger partial charge >= 0.3 is 0 Å². The summed E-state index contributed by atoms with van der Waals surface area (Å²) < 4.78 is 11.4. The summed E-state index contributed by atoms with van der Waals surface area (Å²) in [6, 6.07) is 5.40. The van der Waals surface area contributed by atoms with Crippen LogP contribution in [-0.2, 0) is 0 Å². The van der Waals surface area contributed by atoms with Crippen LogP contribution in [0.25, 0.3) is 0 Å². The molecule has 1 heterocycles. The molecule has 2 rings (SSSR count). The van der Waals surface area contributed by atoms with Crippen LogP contribution in [0.1, 0.15) is 5.56 Å². The van der Waals surface area contributed by atoms with Crippen LogP contribution in [0.3, 0.4) is 0 Å². The quantitative estimate of drug-likeness (QED) is 0.870. The van der Waals surface area contributed by atoms with Crippen molar-refractivity contribution in [2.45, 2.75) is 6.92 Å². The summed E-state index contributed by atoms with van der Waals surface area (Å²) in [7, 11) is 3.15. The minimum absolute atomic E-state index is 0.492. The smallest absolute Gasteiger partial charge is 0.145 e. The van der Waals surface area contributed by atoms with Gasteiger partial charge in [0.1, 0.15) is 17.3 Å². The fourth-order valence-electron chi connectivity index (χ4n) is 1.71. The van der Waals surface area contributed by atoms with Crippen LogP contribution in [0.2, 0.25) is 5.02 Å². The third-order valence-corrected chi connectivity index (χ3v) is 4.11. The molecule has 0 aliphatic heterocycles. The lowest BCUT2D eigenvalue weighted by Crippen LogP contribution is -1.99. The molecule has 0 saturated heterocycles. The second kappa shape index (κ2) is 6.33. The van der Waals surface area contributed by atoms with Crippen LogP contribution in [0.4, 0.5) is 11.5 Å². The highest BCUT2D eigenvalue weighted by Crippen LogP contribution is 2.38. The Balaban J connectivity index is 2.44. The number of ether oxygens (including phenoxy) is 2. The molecule has 0 fully saturated rings. The van der Waals surface area contributed by atoms with E-state index < -0.39 is 0 Å². The molecule has 1 aromatic carbocycles. The standard InChI is InChI=1S/C14H14BrClN2O2/c1-8-4-5-17-14(13(8)15)18-10-7-11(19-2)9(16)6-12(10)20-3/h4-7H,1-3H3,(H,17,18). The number of benzene rings is 1. The molecular formula is C14H14BrClN2O2. The van der Waals surface area contributed by atoms with Crippen molar-refractivity contribution < 1.29 is 9.47 Å². The average Bonchev–Trinajstić information content (AvgIpc) is 2.45. The van der Waals surface area contributed by atoms with Gasteiger partial charge in [-0.25, -0.2) is 4.98 Å². The van der Waals surface area contributed by atoms with Crippen LogP contribution in [0.5, 0.6) is 11.5 Å². The van der Waals surface area contributed by atoms with Crippen LogP contribution < -0.4 is 14.8 Å². The van der Waals surface area contributed by atoms with Crippen molar-refractivity contribution >= 4 is 39.0 Å². The van der Waals surface area contributed by atoms with Crippen molar-refractivity contribution in [3.8, 4) is 11.5 Å². The number of aromatic nitrogens is 1. The van der Waals surface area contributed by atoms with Crippen LogP contribution >= 0.6 is 27.5 Å². The largest absolute Gasteiger partial charge is 0.495 e. The van der Waals surface area contributed by atoms with Crippen molar-refractivity contribution in [1.29, 1.82) is 0 Å². The highest BCUT2D eigenvalue weighted by molar-refractivity contribution is 9.10. The molecule has 0 atom stereocenters. The van der Waals surface area contributed by atoms with E-state index in [0.29, 0.717) is 22.3 Å². The van der Waals surface area contributed by atoms with Gasteiger partial charge in [0.05, 0.1) is 29.4 Å².